The van der Waals surface area contributed by atoms with E-state index in [0.29, 0.717) is 5.56 Å². The zero-order valence-electron chi connectivity index (χ0n) is 9.13. The van der Waals surface area contributed by atoms with Crippen molar-refractivity contribution in [3.63, 3.8) is 0 Å². The first-order chi connectivity index (χ1) is 7.25. The van der Waals surface area contributed by atoms with E-state index in [1.807, 2.05) is 0 Å². The minimum atomic E-state index is -3.85. The molecule has 0 fully saturated rings. The number of carboxylic acid groups (broad SMARTS) is 1. The minimum absolute atomic E-state index is 0.0272. The van der Waals surface area contributed by atoms with Gasteiger partial charge in [-0.2, -0.15) is 9.82 Å². The highest BCUT2D eigenvalue weighted by Gasteiger charge is 2.25. The van der Waals surface area contributed by atoms with E-state index in [2.05, 4.69) is 9.82 Å². The van der Waals surface area contributed by atoms with Crippen molar-refractivity contribution in [3.8, 4) is 0 Å². The van der Waals surface area contributed by atoms with Gasteiger partial charge in [0.25, 0.3) is 10.0 Å². The number of carbonyl (C=O) groups is 1. The molecule has 16 heavy (non-hydrogen) atoms. The van der Waals surface area contributed by atoms with E-state index >= 15 is 0 Å². The fourth-order valence-corrected chi connectivity index (χ4v) is 2.81. The van der Waals surface area contributed by atoms with Crippen LogP contribution in [0.5, 0.6) is 0 Å². The molecular formula is C8H13N3O4S. The maximum atomic E-state index is 11.8. The quantitative estimate of drug-likeness (QED) is 0.745. The second-order valence-corrected chi connectivity index (χ2v) is 5.07. The first kappa shape index (κ1) is 12.7. The van der Waals surface area contributed by atoms with Gasteiger partial charge in [-0.3, -0.25) is 9.48 Å². The molecule has 0 aliphatic carbocycles. The number of hydrogen-bond acceptors (Lipinski definition) is 4. The number of aliphatic carboxylic acids is 1. The molecule has 0 unspecified atom stereocenters. The van der Waals surface area contributed by atoms with Gasteiger partial charge in [-0.15, -0.1) is 0 Å². The van der Waals surface area contributed by atoms with Gasteiger partial charge in [0.2, 0.25) is 0 Å². The van der Waals surface area contributed by atoms with E-state index in [9.17, 15) is 13.2 Å². The topological polar surface area (TPSA) is 101 Å². The molecule has 0 radical (unpaired) electrons. The Balaban J connectivity index is 3.09. The third-order valence-electron chi connectivity index (χ3n) is 2.01. The third kappa shape index (κ3) is 2.39. The summed E-state index contributed by atoms with van der Waals surface area (Å²) in [7, 11) is -2.37. The van der Waals surface area contributed by atoms with Crippen LogP contribution in [0.25, 0.3) is 0 Å². The van der Waals surface area contributed by atoms with E-state index in [4.69, 9.17) is 5.11 Å². The summed E-state index contributed by atoms with van der Waals surface area (Å²) < 4.78 is 26.9. The van der Waals surface area contributed by atoms with Gasteiger partial charge < -0.3 is 5.11 Å². The Morgan fingerprint density at radius 2 is 2.19 bits per heavy atom. The van der Waals surface area contributed by atoms with Crippen molar-refractivity contribution in [2.45, 2.75) is 24.9 Å². The molecule has 0 bridgehead atoms. The summed E-state index contributed by atoms with van der Waals surface area (Å²) in [6.07, 6.45) is 1.40. The Kier molecular flexibility index (Phi) is 3.34. The van der Waals surface area contributed by atoms with Crippen LogP contribution in [-0.2, 0) is 21.9 Å². The van der Waals surface area contributed by atoms with Crippen LogP contribution in [0.4, 0.5) is 0 Å². The van der Waals surface area contributed by atoms with Crippen molar-refractivity contribution in [2.24, 2.45) is 7.05 Å². The van der Waals surface area contributed by atoms with E-state index in [-0.39, 0.29) is 5.03 Å². The van der Waals surface area contributed by atoms with Crippen LogP contribution in [0.15, 0.2) is 11.2 Å². The van der Waals surface area contributed by atoms with Gasteiger partial charge in [0.1, 0.15) is 6.04 Å². The lowest BCUT2D eigenvalue weighted by Crippen LogP contribution is -2.39. The summed E-state index contributed by atoms with van der Waals surface area (Å²) in [6.45, 7) is 2.85. The molecule has 1 atom stereocenters. The Labute approximate surface area is 93.1 Å². The molecule has 0 saturated carbocycles. The monoisotopic (exact) mass is 247 g/mol. The van der Waals surface area contributed by atoms with E-state index in [1.54, 1.807) is 6.92 Å². The number of hydrogen-bond donors (Lipinski definition) is 2. The number of aryl methyl sites for hydroxylation is 2. The molecule has 8 heteroatoms. The van der Waals surface area contributed by atoms with Crippen LogP contribution >= 0.6 is 0 Å². The lowest BCUT2D eigenvalue weighted by Gasteiger charge is -2.10. The van der Waals surface area contributed by atoms with Crippen LogP contribution in [0.2, 0.25) is 0 Å². The highest BCUT2D eigenvalue weighted by atomic mass is 32.2. The summed E-state index contributed by atoms with van der Waals surface area (Å²) in [5.41, 5.74) is 0.465. The smallest absolute Gasteiger partial charge is 0.321 e. The van der Waals surface area contributed by atoms with Gasteiger partial charge in [0, 0.05) is 12.6 Å². The largest absolute Gasteiger partial charge is 0.480 e. The first-order valence-electron chi connectivity index (χ1n) is 4.49. The van der Waals surface area contributed by atoms with Crippen molar-refractivity contribution < 1.29 is 18.3 Å². The third-order valence-corrected chi connectivity index (χ3v) is 3.77. The number of rotatable bonds is 4. The molecule has 7 nitrogen and oxygen atoms in total. The van der Waals surface area contributed by atoms with E-state index < -0.39 is 22.0 Å². The van der Waals surface area contributed by atoms with Crippen LogP contribution in [-0.4, -0.2) is 35.3 Å². The number of nitrogens with zero attached hydrogens (tertiary/aromatic N) is 2. The molecule has 0 saturated heterocycles. The molecule has 90 valence electrons. The summed E-state index contributed by atoms with van der Waals surface area (Å²) in [5.74, 6) is -1.23. The van der Waals surface area contributed by atoms with Gasteiger partial charge in [-0.05, 0) is 13.8 Å². The SMILES string of the molecule is Cc1cnn(C)c1S(=O)(=O)N[C@H](C)C(=O)O. The van der Waals surface area contributed by atoms with E-state index in [0.717, 1.165) is 0 Å². The zero-order valence-corrected chi connectivity index (χ0v) is 9.95. The van der Waals surface area contributed by atoms with Crippen molar-refractivity contribution in [1.82, 2.24) is 14.5 Å². The standard InChI is InChI=1S/C8H13N3O4S/c1-5-4-9-11(3)7(5)16(14,15)10-6(2)8(12)13/h4,6,10H,1-3H3,(H,12,13)/t6-/m1/s1. The van der Waals surface area contributed by atoms with Crippen molar-refractivity contribution in [2.75, 3.05) is 0 Å². The maximum absolute atomic E-state index is 11.8. The Hall–Kier alpha value is -1.41. The van der Waals surface area contributed by atoms with Gasteiger partial charge in [0.05, 0.1) is 6.20 Å². The molecule has 1 heterocycles. The fourth-order valence-electron chi connectivity index (χ4n) is 1.26. The average molecular weight is 247 g/mol. The normalized spacial score (nSPS) is 13.7. The molecule has 0 spiro atoms. The predicted octanol–water partition coefficient (Wildman–Crippen LogP) is -0.520. The lowest BCUT2D eigenvalue weighted by atomic mass is 10.4. The Morgan fingerprint density at radius 1 is 1.62 bits per heavy atom. The highest BCUT2D eigenvalue weighted by molar-refractivity contribution is 7.89. The summed E-state index contributed by atoms with van der Waals surface area (Å²) >= 11 is 0. The maximum Gasteiger partial charge on any atom is 0.321 e. The Morgan fingerprint density at radius 3 is 2.56 bits per heavy atom. The summed E-state index contributed by atoms with van der Waals surface area (Å²) in [6, 6.07) is -1.18. The molecule has 2 N–H and O–H groups in total. The average Bonchev–Trinajstić information content (AvgIpc) is 2.45. The van der Waals surface area contributed by atoms with Crippen LogP contribution < -0.4 is 4.72 Å². The van der Waals surface area contributed by atoms with Gasteiger partial charge in [-0.1, -0.05) is 0 Å². The zero-order chi connectivity index (χ0) is 12.5. The van der Waals surface area contributed by atoms with Crippen molar-refractivity contribution in [1.29, 1.82) is 0 Å². The number of carboxylic acids is 1. The predicted molar refractivity (Wildman–Crippen MR) is 55.4 cm³/mol. The number of sulfonamides is 1. The molecule has 0 aromatic carbocycles. The molecule has 0 amide bonds. The first-order valence-corrected chi connectivity index (χ1v) is 5.97. The number of nitrogens with one attached hydrogen (secondary N) is 1. The van der Waals surface area contributed by atoms with Gasteiger partial charge >= 0.3 is 5.97 Å². The summed E-state index contributed by atoms with van der Waals surface area (Å²) in [5, 5.41) is 12.4. The van der Waals surface area contributed by atoms with E-state index in [1.165, 1.54) is 24.9 Å². The Bertz CT molecular complexity index is 486. The van der Waals surface area contributed by atoms with Gasteiger partial charge in [-0.25, -0.2) is 8.42 Å². The molecule has 0 aliphatic heterocycles. The summed E-state index contributed by atoms with van der Waals surface area (Å²) in [4.78, 5) is 10.6. The molecule has 0 aliphatic rings. The van der Waals surface area contributed by atoms with Crippen LogP contribution in [0.3, 0.4) is 0 Å². The molecule has 1 rings (SSSR count). The second-order valence-electron chi connectivity index (χ2n) is 3.44. The van der Waals surface area contributed by atoms with Crippen LogP contribution in [0.1, 0.15) is 12.5 Å². The molecule has 1 aromatic heterocycles. The van der Waals surface area contributed by atoms with Crippen molar-refractivity contribution in [3.05, 3.63) is 11.8 Å². The highest BCUT2D eigenvalue weighted by Crippen LogP contribution is 2.13. The molecule has 1 aromatic rings. The second kappa shape index (κ2) is 4.22. The lowest BCUT2D eigenvalue weighted by molar-refractivity contribution is -0.138. The minimum Gasteiger partial charge on any atom is -0.480 e. The van der Waals surface area contributed by atoms with Crippen LogP contribution in [0, 0.1) is 6.92 Å². The van der Waals surface area contributed by atoms with Crippen molar-refractivity contribution >= 4 is 16.0 Å². The number of aromatic nitrogens is 2. The fraction of sp³-hybridized carbons (Fsp3) is 0.500. The molecular weight excluding hydrogens is 234 g/mol. The van der Waals surface area contributed by atoms with Gasteiger partial charge in [0.15, 0.2) is 5.03 Å².